The van der Waals surface area contributed by atoms with Gasteiger partial charge in [0.05, 0.1) is 12.7 Å². The van der Waals surface area contributed by atoms with Crippen molar-refractivity contribution in [1.82, 2.24) is 0 Å². The molecule has 0 saturated heterocycles. The fraction of sp³-hybridized carbons (Fsp3) is 0.111. The SMILES string of the molecule is COC(=O)c1ccc([14CH]=O)cc1. The number of hydrogen-bond donors (Lipinski definition) is 0. The molecule has 0 N–H and O–H groups in total. The van der Waals surface area contributed by atoms with E-state index >= 15 is 0 Å². The molecule has 62 valence electrons. The van der Waals surface area contributed by atoms with Crippen LogP contribution in [0.3, 0.4) is 0 Å². The number of ether oxygens (including phenoxy) is 1. The van der Waals surface area contributed by atoms with Crippen LogP contribution in [0.5, 0.6) is 0 Å². The van der Waals surface area contributed by atoms with Gasteiger partial charge in [0, 0.05) is 5.56 Å². The van der Waals surface area contributed by atoms with Crippen molar-refractivity contribution in [2.24, 2.45) is 0 Å². The number of benzene rings is 1. The van der Waals surface area contributed by atoms with Crippen LogP contribution in [0.15, 0.2) is 24.3 Å². The normalized spacial score (nSPS) is 9.08. The first-order valence-electron chi connectivity index (χ1n) is 3.41. The molecule has 0 fully saturated rings. The highest BCUT2D eigenvalue weighted by Crippen LogP contribution is 2.03. The van der Waals surface area contributed by atoms with Crippen LogP contribution < -0.4 is 0 Å². The number of carbonyl (C=O) groups excluding carboxylic acids is 2. The average Bonchev–Trinajstić information content (AvgIpc) is 2.17. The summed E-state index contributed by atoms with van der Waals surface area (Å²) in [5.74, 6) is -0.396. The highest BCUT2D eigenvalue weighted by Gasteiger charge is 2.02. The third-order valence-electron chi connectivity index (χ3n) is 1.47. The van der Waals surface area contributed by atoms with Gasteiger partial charge in [0.2, 0.25) is 0 Å². The molecule has 0 aliphatic heterocycles. The number of hydrogen-bond acceptors (Lipinski definition) is 3. The fourth-order valence-corrected chi connectivity index (χ4v) is 0.816. The molecule has 0 bridgehead atoms. The maximum Gasteiger partial charge on any atom is 0.337 e. The third kappa shape index (κ3) is 1.69. The van der Waals surface area contributed by atoms with Crippen LogP contribution in [0, 0.1) is 0 Å². The van der Waals surface area contributed by atoms with Crippen molar-refractivity contribution in [1.29, 1.82) is 0 Å². The van der Waals surface area contributed by atoms with Gasteiger partial charge in [-0.25, -0.2) is 4.79 Å². The molecule has 0 atom stereocenters. The van der Waals surface area contributed by atoms with Crippen LogP contribution >= 0.6 is 0 Å². The van der Waals surface area contributed by atoms with E-state index in [4.69, 9.17) is 0 Å². The topological polar surface area (TPSA) is 43.4 Å². The number of carbonyl (C=O) groups is 2. The van der Waals surface area contributed by atoms with Crippen molar-refractivity contribution < 1.29 is 14.3 Å². The van der Waals surface area contributed by atoms with E-state index < -0.39 is 5.97 Å². The summed E-state index contributed by atoms with van der Waals surface area (Å²) >= 11 is 0. The summed E-state index contributed by atoms with van der Waals surface area (Å²) in [6, 6.07) is 6.24. The maximum absolute atomic E-state index is 10.9. The Kier molecular flexibility index (Phi) is 2.58. The Labute approximate surface area is 70.0 Å². The van der Waals surface area contributed by atoms with Gasteiger partial charge >= 0.3 is 5.97 Å². The molecule has 1 aromatic carbocycles. The van der Waals surface area contributed by atoms with Gasteiger partial charge in [-0.2, -0.15) is 0 Å². The van der Waals surface area contributed by atoms with Crippen molar-refractivity contribution in [3.63, 3.8) is 0 Å². The molecule has 0 aliphatic carbocycles. The van der Waals surface area contributed by atoms with Crippen molar-refractivity contribution in [3.05, 3.63) is 35.4 Å². The number of rotatable bonds is 2. The Morgan fingerprint density at radius 2 is 1.92 bits per heavy atom. The van der Waals surface area contributed by atoms with Gasteiger partial charge in [-0.1, -0.05) is 12.1 Å². The van der Waals surface area contributed by atoms with Gasteiger partial charge in [-0.05, 0) is 12.1 Å². The molecule has 1 aromatic rings. The van der Waals surface area contributed by atoms with Gasteiger partial charge in [0.25, 0.3) is 0 Å². The summed E-state index contributed by atoms with van der Waals surface area (Å²) in [5, 5.41) is 0. The highest BCUT2D eigenvalue weighted by atomic mass is 16.5. The van der Waals surface area contributed by atoms with Gasteiger partial charge in [-0.3, -0.25) is 4.79 Å². The summed E-state index contributed by atoms with van der Waals surface area (Å²) in [5.41, 5.74) is 0.991. The lowest BCUT2D eigenvalue weighted by Crippen LogP contribution is -2.00. The van der Waals surface area contributed by atoms with Gasteiger partial charge in [0.15, 0.2) is 0 Å². The van der Waals surface area contributed by atoms with Crippen molar-refractivity contribution >= 4 is 12.3 Å². The Morgan fingerprint density at radius 3 is 2.33 bits per heavy atom. The van der Waals surface area contributed by atoms with Crippen LogP contribution in [0.4, 0.5) is 0 Å². The summed E-state index contributed by atoms with van der Waals surface area (Å²) in [4.78, 5) is 21.1. The Bertz CT molecular complexity index is 287. The van der Waals surface area contributed by atoms with Gasteiger partial charge < -0.3 is 4.74 Å². The van der Waals surface area contributed by atoms with E-state index in [1.165, 1.54) is 7.11 Å². The van der Waals surface area contributed by atoms with Crippen LogP contribution in [-0.4, -0.2) is 19.4 Å². The van der Waals surface area contributed by atoms with Crippen molar-refractivity contribution in [3.8, 4) is 0 Å². The first kappa shape index (κ1) is 8.46. The second-order valence-corrected chi connectivity index (χ2v) is 2.23. The van der Waals surface area contributed by atoms with Crippen molar-refractivity contribution in [2.75, 3.05) is 7.11 Å². The number of esters is 1. The minimum atomic E-state index is -0.396. The van der Waals surface area contributed by atoms with Gasteiger partial charge in [-0.15, -0.1) is 0 Å². The van der Waals surface area contributed by atoms with Crippen LogP contribution in [0.2, 0.25) is 0 Å². The van der Waals surface area contributed by atoms with E-state index in [0.717, 1.165) is 6.29 Å². The molecule has 1 rings (SSSR count). The monoisotopic (exact) mass is 166 g/mol. The van der Waals surface area contributed by atoms with E-state index in [0.29, 0.717) is 11.1 Å². The van der Waals surface area contributed by atoms with E-state index in [-0.39, 0.29) is 0 Å². The molecule has 3 heteroatoms. The van der Waals surface area contributed by atoms with Crippen LogP contribution in [0.1, 0.15) is 20.7 Å². The first-order valence-corrected chi connectivity index (χ1v) is 3.41. The molecule has 0 spiro atoms. The van der Waals surface area contributed by atoms with E-state index in [9.17, 15) is 9.59 Å². The molecule has 0 heterocycles. The molecule has 0 saturated carbocycles. The molecule has 0 aliphatic rings. The van der Waals surface area contributed by atoms with E-state index in [1.807, 2.05) is 0 Å². The number of aldehydes is 1. The molecule has 0 unspecified atom stereocenters. The zero-order chi connectivity index (χ0) is 8.97. The van der Waals surface area contributed by atoms with Crippen LogP contribution in [0.25, 0.3) is 0 Å². The lowest BCUT2D eigenvalue weighted by atomic mass is 10.2. The summed E-state index contributed by atoms with van der Waals surface area (Å²) in [7, 11) is 1.32. The van der Waals surface area contributed by atoms with E-state index in [1.54, 1.807) is 24.3 Å². The smallest absolute Gasteiger partial charge is 0.337 e. The largest absolute Gasteiger partial charge is 0.465 e. The Morgan fingerprint density at radius 1 is 1.33 bits per heavy atom. The summed E-state index contributed by atoms with van der Waals surface area (Å²) < 4.78 is 4.48. The average molecular weight is 166 g/mol. The van der Waals surface area contributed by atoms with Crippen LogP contribution in [-0.2, 0) is 4.74 Å². The maximum atomic E-state index is 10.9. The minimum Gasteiger partial charge on any atom is -0.465 e. The lowest BCUT2D eigenvalue weighted by Gasteiger charge is -1.97. The molecule has 0 radical (unpaired) electrons. The molecular formula is C9H8O3. The van der Waals surface area contributed by atoms with Crippen molar-refractivity contribution in [2.45, 2.75) is 0 Å². The Balaban J connectivity index is 2.91. The molecule has 0 aromatic heterocycles. The quantitative estimate of drug-likeness (QED) is 0.491. The first-order chi connectivity index (χ1) is 5.77. The fourth-order valence-electron chi connectivity index (χ4n) is 0.816. The predicted molar refractivity (Wildman–Crippen MR) is 43.2 cm³/mol. The standard InChI is InChI=1S/C9H8O3/c1-12-9(11)8-4-2-7(6-10)3-5-8/h2-6H,1H3/i6+2. The molecule has 12 heavy (non-hydrogen) atoms. The molecular weight excluding hydrogens is 158 g/mol. The lowest BCUT2D eigenvalue weighted by molar-refractivity contribution is 0.0600. The highest BCUT2D eigenvalue weighted by molar-refractivity contribution is 5.90. The summed E-state index contributed by atoms with van der Waals surface area (Å²) in [6.07, 6.45) is 0.723. The van der Waals surface area contributed by atoms with Gasteiger partial charge in [0.1, 0.15) is 6.29 Å². The minimum absolute atomic E-state index is 0.396. The second kappa shape index (κ2) is 3.67. The van der Waals surface area contributed by atoms with E-state index in [2.05, 4.69) is 4.74 Å². The zero-order valence-electron chi connectivity index (χ0n) is 6.61. The second-order valence-electron chi connectivity index (χ2n) is 2.23. The zero-order valence-corrected chi connectivity index (χ0v) is 6.61. The number of methoxy groups -OCH3 is 1. The third-order valence-corrected chi connectivity index (χ3v) is 1.47. The predicted octanol–water partition coefficient (Wildman–Crippen LogP) is 1.29. The molecule has 0 amide bonds. The summed E-state index contributed by atoms with van der Waals surface area (Å²) in [6.45, 7) is 0. The Hall–Kier alpha value is -1.64. The molecule has 3 nitrogen and oxygen atoms in total.